The van der Waals surface area contributed by atoms with Gasteiger partial charge in [0.25, 0.3) is 0 Å². The quantitative estimate of drug-likeness (QED) is 0.642. The Balaban J connectivity index is 2.50. The Bertz CT molecular complexity index is 376. The lowest BCUT2D eigenvalue weighted by atomic mass is 10.1. The number of rotatable bonds is 1. The molecule has 74 valence electrons. The van der Waals surface area contributed by atoms with Crippen LogP contribution in [0.2, 0.25) is 19.6 Å². The SMILES string of the molecule is C[Si](C)(C)[C@H]1CC(=O)c2ccccc21. The van der Waals surface area contributed by atoms with Crippen molar-refractivity contribution < 1.29 is 4.79 Å². The van der Waals surface area contributed by atoms with Gasteiger partial charge in [0.05, 0.1) is 8.07 Å². The van der Waals surface area contributed by atoms with Gasteiger partial charge in [0.1, 0.15) is 0 Å². The van der Waals surface area contributed by atoms with Crippen LogP contribution in [0.3, 0.4) is 0 Å². The molecule has 1 nitrogen and oxygen atoms in total. The average molecular weight is 204 g/mol. The highest BCUT2D eigenvalue weighted by molar-refractivity contribution is 6.78. The van der Waals surface area contributed by atoms with E-state index in [0.29, 0.717) is 11.3 Å². The molecule has 0 aliphatic heterocycles. The maximum atomic E-state index is 11.7. The Morgan fingerprint density at radius 2 is 1.86 bits per heavy atom. The molecule has 0 bridgehead atoms. The van der Waals surface area contributed by atoms with Crippen LogP contribution in [0.1, 0.15) is 27.9 Å². The Hall–Kier alpha value is -0.893. The molecule has 2 rings (SSSR count). The van der Waals surface area contributed by atoms with Crippen molar-refractivity contribution in [2.24, 2.45) is 0 Å². The Morgan fingerprint density at radius 3 is 2.50 bits per heavy atom. The lowest BCUT2D eigenvalue weighted by Crippen LogP contribution is -2.29. The monoisotopic (exact) mass is 204 g/mol. The van der Waals surface area contributed by atoms with Crippen molar-refractivity contribution in [1.82, 2.24) is 0 Å². The maximum Gasteiger partial charge on any atom is 0.163 e. The number of fused-ring (bicyclic) bond motifs is 1. The van der Waals surface area contributed by atoms with E-state index in [9.17, 15) is 4.79 Å². The van der Waals surface area contributed by atoms with Crippen LogP contribution in [0.5, 0.6) is 0 Å². The highest BCUT2D eigenvalue weighted by Gasteiger charge is 2.37. The molecule has 0 aromatic heterocycles. The van der Waals surface area contributed by atoms with Gasteiger partial charge in [0.2, 0.25) is 0 Å². The van der Waals surface area contributed by atoms with Crippen LogP contribution in [0.15, 0.2) is 24.3 Å². The summed E-state index contributed by atoms with van der Waals surface area (Å²) >= 11 is 0. The second kappa shape index (κ2) is 3.06. The molecule has 14 heavy (non-hydrogen) atoms. The third kappa shape index (κ3) is 1.44. The first-order valence-electron chi connectivity index (χ1n) is 5.12. The molecule has 0 spiro atoms. The van der Waals surface area contributed by atoms with Gasteiger partial charge in [0, 0.05) is 12.0 Å². The summed E-state index contributed by atoms with van der Waals surface area (Å²) in [6.45, 7) is 7.02. The molecule has 0 N–H and O–H groups in total. The van der Waals surface area contributed by atoms with Crippen LogP contribution in [-0.2, 0) is 0 Å². The van der Waals surface area contributed by atoms with E-state index in [4.69, 9.17) is 0 Å². The Kier molecular flexibility index (Phi) is 2.11. The number of hydrogen-bond acceptors (Lipinski definition) is 1. The van der Waals surface area contributed by atoms with Crippen LogP contribution < -0.4 is 0 Å². The third-order valence-corrected chi connectivity index (χ3v) is 5.68. The molecule has 0 heterocycles. The molecular weight excluding hydrogens is 188 g/mol. The Morgan fingerprint density at radius 1 is 1.21 bits per heavy atom. The first kappa shape index (κ1) is 9.65. The van der Waals surface area contributed by atoms with Gasteiger partial charge >= 0.3 is 0 Å². The predicted molar refractivity (Wildman–Crippen MR) is 61.5 cm³/mol. The highest BCUT2D eigenvalue weighted by Crippen LogP contribution is 2.38. The second-order valence-electron chi connectivity index (χ2n) is 5.13. The summed E-state index contributed by atoms with van der Waals surface area (Å²) in [6, 6.07) is 8.11. The van der Waals surface area contributed by atoms with Gasteiger partial charge in [-0.15, -0.1) is 0 Å². The van der Waals surface area contributed by atoms with E-state index in [0.717, 1.165) is 12.0 Å². The van der Waals surface area contributed by atoms with Gasteiger partial charge in [-0.05, 0) is 11.1 Å². The average Bonchev–Trinajstić information content (AvgIpc) is 2.44. The maximum absolute atomic E-state index is 11.7. The van der Waals surface area contributed by atoms with Crippen molar-refractivity contribution in [3.8, 4) is 0 Å². The zero-order chi connectivity index (χ0) is 10.3. The molecule has 1 aromatic carbocycles. The number of hydrogen-bond donors (Lipinski definition) is 0. The van der Waals surface area contributed by atoms with E-state index in [1.165, 1.54) is 5.56 Å². The molecule has 0 amide bonds. The highest BCUT2D eigenvalue weighted by atomic mass is 28.3. The summed E-state index contributed by atoms with van der Waals surface area (Å²) in [5, 5.41) is 0. The summed E-state index contributed by atoms with van der Waals surface area (Å²) in [5.74, 6) is 0.341. The summed E-state index contributed by atoms with van der Waals surface area (Å²) < 4.78 is 0. The molecule has 0 saturated heterocycles. The van der Waals surface area contributed by atoms with Gasteiger partial charge in [-0.3, -0.25) is 4.79 Å². The van der Waals surface area contributed by atoms with Gasteiger partial charge in [0.15, 0.2) is 5.78 Å². The molecule has 0 saturated carbocycles. The zero-order valence-electron chi connectivity index (χ0n) is 9.00. The van der Waals surface area contributed by atoms with E-state index in [-0.39, 0.29) is 0 Å². The van der Waals surface area contributed by atoms with E-state index >= 15 is 0 Å². The molecule has 0 fully saturated rings. The van der Waals surface area contributed by atoms with Crippen LogP contribution in [0.25, 0.3) is 0 Å². The van der Waals surface area contributed by atoms with Gasteiger partial charge in [-0.2, -0.15) is 0 Å². The van der Waals surface area contributed by atoms with Crippen LogP contribution in [0.4, 0.5) is 0 Å². The minimum Gasteiger partial charge on any atom is -0.294 e. The second-order valence-corrected chi connectivity index (χ2v) is 10.6. The van der Waals surface area contributed by atoms with E-state index in [1.807, 2.05) is 18.2 Å². The predicted octanol–water partition coefficient (Wildman–Crippen LogP) is 3.23. The van der Waals surface area contributed by atoms with Crippen LogP contribution in [-0.4, -0.2) is 13.9 Å². The molecular formula is C12H16OSi. The first-order valence-corrected chi connectivity index (χ1v) is 8.70. The summed E-state index contributed by atoms with van der Waals surface area (Å²) in [4.78, 5) is 11.7. The number of carbonyl (C=O) groups excluding carboxylic acids is 1. The fourth-order valence-corrected chi connectivity index (χ4v) is 4.22. The molecule has 1 aromatic rings. The van der Waals surface area contributed by atoms with E-state index in [2.05, 4.69) is 25.7 Å². The minimum absolute atomic E-state index is 0.341. The Labute approximate surface area is 86.2 Å². The fourth-order valence-electron chi connectivity index (χ4n) is 2.23. The van der Waals surface area contributed by atoms with E-state index in [1.54, 1.807) is 0 Å². The molecule has 2 heteroatoms. The normalized spacial score (nSPS) is 21.1. The van der Waals surface area contributed by atoms with Crippen molar-refractivity contribution in [2.45, 2.75) is 31.6 Å². The van der Waals surface area contributed by atoms with Crippen LogP contribution in [0, 0.1) is 0 Å². The number of ketones is 1. The summed E-state index contributed by atoms with van der Waals surface area (Å²) in [6.07, 6.45) is 0.745. The first-order chi connectivity index (χ1) is 6.50. The largest absolute Gasteiger partial charge is 0.294 e. The molecule has 0 radical (unpaired) electrons. The van der Waals surface area contributed by atoms with Crippen molar-refractivity contribution in [3.63, 3.8) is 0 Å². The lowest BCUT2D eigenvalue weighted by Gasteiger charge is -2.24. The molecule has 0 unspecified atom stereocenters. The van der Waals surface area contributed by atoms with Crippen molar-refractivity contribution in [2.75, 3.05) is 0 Å². The number of benzene rings is 1. The van der Waals surface area contributed by atoms with Crippen molar-refractivity contribution in [3.05, 3.63) is 35.4 Å². The topological polar surface area (TPSA) is 17.1 Å². The van der Waals surface area contributed by atoms with Crippen molar-refractivity contribution >= 4 is 13.9 Å². The molecule has 1 aliphatic rings. The summed E-state index contributed by atoms with van der Waals surface area (Å²) in [7, 11) is -1.24. The number of Topliss-reactive ketones (excluding diaryl/α,β-unsaturated/α-hetero) is 1. The standard InChI is InChI=1S/C12H16OSi/c1-14(2,3)12-8-11(13)9-6-4-5-7-10(9)12/h4-7,12H,8H2,1-3H3/t12-/m0/s1. The smallest absolute Gasteiger partial charge is 0.163 e. The summed E-state index contributed by atoms with van der Waals surface area (Å²) in [5.41, 5.74) is 2.81. The van der Waals surface area contributed by atoms with Gasteiger partial charge in [-0.1, -0.05) is 43.9 Å². The van der Waals surface area contributed by atoms with E-state index < -0.39 is 8.07 Å². The number of carbonyl (C=O) groups is 1. The molecule has 1 atom stereocenters. The molecule has 1 aliphatic carbocycles. The van der Waals surface area contributed by atoms with Crippen LogP contribution >= 0.6 is 0 Å². The van der Waals surface area contributed by atoms with Crippen molar-refractivity contribution in [1.29, 1.82) is 0 Å². The van der Waals surface area contributed by atoms with Gasteiger partial charge < -0.3 is 0 Å². The minimum atomic E-state index is -1.24. The fraction of sp³-hybridized carbons (Fsp3) is 0.417. The lowest BCUT2D eigenvalue weighted by molar-refractivity contribution is 0.0993. The third-order valence-electron chi connectivity index (χ3n) is 3.07. The zero-order valence-corrected chi connectivity index (χ0v) is 10.0. The van der Waals surface area contributed by atoms with Gasteiger partial charge in [-0.25, -0.2) is 0 Å².